The molecule has 1 aromatic rings. The zero-order chi connectivity index (χ0) is 16.4. The first-order valence-corrected chi connectivity index (χ1v) is 7.90. The Morgan fingerprint density at radius 3 is 2.24 bits per heavy atom. The lowest BCUT2D eigenvalue weighted by atomic mass is 9.94. The highest BCUT2D eigenvalue weighted by Gasteiger charge is 2.28. The second-order valence-electron chi connectivity index (χ2n) is 7.29. The lowest BCUT2D eigenvalue weighted by molar-refractivity contribution is -0.140. The van der Waals surface area contributed by atoms with E-state index in [1.165, 1.54) is 11.3 Å². The molecule has 0 aliphatic carbocycles. The number of carbonyl (C=O) groups excluding carboxylic acids is 1. The first-order chi connectivity index (χ1) is 9.57. The summed E-state index contributed by atoms with van der Waals surface area (Å²) < 4.78 is 2.01. The van der Waals surface area contributed by atoms with Crippen LogP contribution in [0, 0.1) is 25.2 Å². The summed E-state index contributed by atoms with van der Waals surface area (Å²) in [5.74, 6) is 0.664. The van der Waals surface area contributed by atoms with Crippen molar-refractivity contribution in [2.75, 3.05) is 6.54 Å². The summed E-state index contributed by atoms with van der Waals surface area (Å²) in [6.07, 6.45) is 0. The van der Waals surface area contributed by atoms with Gasteiger partial charge in [0.25, 0.3) is 0 Å². The number of amides is 1. The second-order valence-corrected chi connectivity index (χ2v) is 7.29. The normalized spacial score (nSPS) is 12.0. The number of hydrogen-bond donors (Lipinski definition) is 0. The third-order valence-corrected chi connectivity index (χ3v) is 3.69. The van der Waals surface area contributed by atoms with Crippen molar-refractivity contribution in [1.29, 1.82) is 0 Å². The maximum absolute atomic E-state index is 12.7. The van der Waals surface area contributed by atoms with Crippen LogP contribution in [0.15, 0.2) is 0 Å². The fraction of sp³-hybridized carbons (Fsp3) is 0.765. The van der Waals surface area contributed by atoms with E-state index >= 15 is 0 Å². The molecule has 1 heterocycles. The summed E-state index contributed by atoms with van der Waals surface area (Å²) in [5, 5.41) is 4.56. The summed E-state index contributed by atoms with van der Waals surface area (Å²) in [5.41, 5.74) is 3.04. The first-order valence-electron chi connectivity index (χ1n) is 7.90. The SMILES string of the molecule is CCn1nc(C)c(CN(CC(C)C)C(=O)C(C)(C)C)c1C. The van der Waals surface area contributed by atoms with Gasteiger partial charge in [-0.25, -0.2) is 0 Å². The average molecular weight is 293 g/mol. The quantitative estimate of drug-likeness (QED) is 0.832. The molecule has 0 atom stereocenters. The predicted molar refractivity (Wildman–Crippen MR) is 87.1 cm³/mol. The van der Waals surface area contributed by atoms with E-state index in [0.717, 1.165) is 18.8 Å². The van der Waals surface area contributed by atoms with Crippen LogP contribution in [-0.2, 0) is 17.9 Å². The van der Waals surface area contributed by atoms with Crippen LogP contribution in [-0.4, -0.2) is 27.1 Å². The van der Waals surface area contributed by atoms with Crippen LogP contribution in [0.2, 0.25) is 0 Å². The molecular weight excluding hydrogens is 262 g/mol. The molecular formula is C17H31N3O. The highest BCUT2D eigenvalue weighted by molar-refractivity contribution is 5.81. The molecule has 4 heteroatoms. The molecule has 0 aliphatic heterocycles. The Morgan fingerprint density at radius 2 is 1.86 bits per heavy atom. The summed E-state index contributed by atoms with van der Waals surface area (Å²) >= 11 is 0. The van der Waals surface area contributed by atoms with Crippen molar-refractivity contribution in [2.24, 2.45) is 11.3 Å². The minimum absolute atomic E-state index is 0.208. The predicted octanol–water partition coefficient (Wildman–Crippen LogP) is 3.55. The maximum Gasteiger partial charge on any atom is 0.228 e. The number of rotatable bonds is 5. The third-order valence-electron chi connectivity index (χ3n) is 3.69. The number of aromatic nitrogens is 2. The fourth-order valence-corrected chi connectivity index (χ4v) is 2.60. The van der Waals surface area contributed by atoms with Gasteiger partial charge >= 0.3 is 0 Å². The van der Waals surface area contributed by atoms with E-state index in [9.17, 15) is 4.79 Å². The van der Waals surface area contributed by atoms with E-state index in [4.69, 9.17) is 0 Å². The minimum atomic E-state index is -0.350. The molecule has 1 rings (SSSR count). The van der Waals surface area contributed by atoms with E-state index in [-0.39, 0.29) is 11.3 Å². The molecule has 0 unspecified atom stereocenters. The zero-order valence-corrected chi connectivity index (χ0v) is 14.9. The average Bonchev–Trinajstić information content (AvgIpc) is 2.62. The van der Waals surface area contributed by atoms with Gasteiger partial charge < -0.3 is 4.90 Å². The molecule has 1 aromatic heterocycles. The van der Waals surface area contributed by atoms with E-state index in [2.05, 4.69) is 32.8 Å². The topological polar surface area (TPSA) is 38.1 Å². The van der Waals surface area contributed by atoms with Crippen molar-refractivity contribution in [3.63, 3.8) is 0 Å². The van der Waals surface area contributed by atoms with Crippen LogP contribution in [0.1, 0.15) is 58.5 Å². The molecule has 0 aliphatic rings. The highest BCUT2D eigenvalue weighted by Crippen LogP contribution is 2.22. The molecule has 0 fully saturated rings. The zero-order valence-electron chi connectivity index (χ0n) is 14.9. The molecule has 0 N–H and O–H groups in total. The Labute approximate surface area is 129 Å². The van der Waals surface area contributed by atoms with Gasteiger partial charge in [-0.05, 0) is 26.7 Å². The first kappa shape index (κ1) is 17.7. The number of aryl methyl sites for hydroxylation is 2. The van der Waals surface area contributed by atoms with Gasteiger partial charge in [-0.1, -0.05) is 34.6 Å². The van der Waals surface area contributed by atoms with Crippen molar-refractivity contribution < 1.29 is 4.79 Å². The van der Waals surface area contributed by atoms with E-state index < -0.39 is 0 Å². The lowest BCUT2D eigenvalue weighted by Gasteiger charge is -2.31. The fourth-order valence-electron chi connectivity index (χ4n) is 2.60. The Morgan fingerprint density at radius 1 is 1.29 bits per heavy atom. The van der Waals surface area contributed by atoms with Crippen LogP contribution in [0.25, 0.3) is 0 Å². The molecule has 4 nitrogen and oxygen atoms in total. The maximum atomic E-state index is 12.7. The number of carbonyl (C=O) groups is 1. The van der Waals surface area contributed by atoms with Crippen LogP contribution in [0.3, 0.4) is 0 Å². The molecule has 0 bridgehead atoms. The Bertz CT molecular complexity index is 495. The number of hydrogen-bond acceptors (Lipinski definition) is 2. The van der Waals surface area contributed by atoms with Crippen LogP contribution >= 0.6 is 0 Å². The summed E-state index contributed by atoms with van der Waals surface area (Å²) in [7, 11) is 0. The molecule has 0 saturated heterocycles. The minimum Gasteiger partial charge on any atom is -0.338 e. The van der Waals surface area contributed by atoms with Gasteiger partial charge in [-0.3, -0.25) is 9.48 Å². The lowest BCUT2D eigenvalue weighted by Crippen LogP contribution is -2.41. The monoisotopic (exact) mass is 293 g/mol. The van der Waals surface area contributed by atoms with Crippen molar-refractivity contribution in [3.05, 3.63) is 17.0 Å². The van der Waals surface area contributed by atoms with Crippen molar-refractivity contribution in [1.82, 2.24) is 14.7 Å². The van der Waals surface area contributed by atoms with Crippen molar-refractivity contribution in [2.45, 2.75) is 68.5 Å². The Hall–Kier alpha value is -1.32. The second kappa shape index (κ2) is 6.63. The molecule has 0 spiro atoms. The van der Waals surface area contributed by atoms with Gasteiger partial charge in [0.05, 0.1) is 5.69 Å². The van der Waals surface area contributed by atoms with Crippen molar-refractivity contribution in [3.8, 4) is 0 Å². The van der Waals surface area contributed by atoms with Gasteiger partial charge in [0.2, 0.25) is 5.91 Å². The summed E-state index contributed by atoms with van der Waals surface area (Å²) in [6, 6.07) is 0. The third kappa shape index (κ3) is 4.32. The molecule has 120 valence electrons. The van der Waals surface area contributed by atoms with Crippen LogP contribution in [0.4, 0.5) is 0 Å². The molecule has 21 heavy (non-hydrogen) atoms. The van der Waals surface area contributed by atoms with Crippen LogP contribution < -0.4 is 0 Å². The molecule has 0 saturated carbocycles. The van der Waals surface area contributed by atoms with Gasteiger partial charge in [-0.2, -0.15) is 5.10 Å². The molecule has 0 aromatic carbocycles. The van der Waals surface area contributed by atoms with Gasteiger partial charge in [-0.15, -0.1) is 0 Å². The van der Waals surface area contributed by atoms with Gasteiger partial charge in [0, 0.05) is 36.3 Å². The summed E-state index contributed by atoms with van der Waals surface area (Å²) in [6.45, 7) is 18.8. The van der Waals surface area contributed by atoms with Gasteiger partial charge in [0.15, 0.2) is 0 Å². The standard InChI is InChI=1S/C17H31N3O/c1-9-20-14(5)15(13(4)18-20)11-19(10-12(2)3)16(21)17(6,7)8/h12H,9-11H2,1-8H3. The van der Waals surface area contributed by atoms with Crippen molar-refractivity contribution >= 4 is 5.91 Å². The summed E-state index contributed by atoms with van der Waals surface area (Å²) in [4.78, 5) is 14.7. The van der Waals surface area contributed by atoms with Crippen LogP contribution in [0.5, 0.6) is 0 Å². The van der Waals surface area contributed by atoms with E-state index in [1.54, 1.807) is 0 Å². The smallest absolute Gasteiger partial charge is 0.228 e. The van der Waals surface area contributed by atoms with E-state index in [0.29, 0.717) is 12.5 Å². The molecule has 0 radical (unpaired) electrons. The molecule has 1 amide bonds. The Kier molecular flexibility index (Phi) is 5.60. The largest absolute Gasteiger partial charge is 0.338 e. The number of nitrogens with zero attached hydrogens (tertiary/aromatic N) is 3. The van der Waals surface area contributed by atoms with Gasteiger partial charge in [0.1, 0.15) is 0 Å². The highest BCUT2D eigenvalue weighted by atomic mass is 16.2. The van der Waals surface area contributed by atoms with E-state index in [1.807, 2.05) is 37.3 Å². The Balaban J connectivity index is 3.07.